The molecule has 3 heteroatoms. The summed E-state index contributed by atoms with van der Waals surface area (Å²) in [5.41, 5.74) is 5.47. The Kier molecular flexibility index (Phi) is 25.6. The maximum absolute atomic E-state index is 7.97. The average Bonchev–Trinajstić information content (AvgIpc) is 2.43. The van der Waals surface area contributed by atoms with Crippen molar-refractivity contribution in [1.29, 1.82) is 0 Å². The van der Waals surface area contributed by atoms with Crippen molar-refractivity contribution < 1.29 is 5.11 Å². The number of hydrogen-bond acceptors (Lipinski definition) is 2. The van der Waals surface area contributed by atoms with Crippen LogP contribution in [0.4, 0.5) is 0 Å². The van der Waals surface area contributed by atoms with Gasteiger partial charge in [-0.15, -0.1) is 0 Å². The first-order chi connectivity index (χ1) is 10.1. The summed E-state index contributed by atoms with van der Waals surface area (Å²) in [7, 11) is 0. The summed E-state index contributed by atoms with van der Waals surface area (Å²) in [6.45, 7) is 4.80. The zero-order valence-electron chi connectivity index (χ0n) is 14.6. The number of unbranched alkanes of at least 4 members (excludes halogenated alkanes) is 13. The van der Waals surface area contributed by atoms with Gasteiger partial charge in [-0.1, -0.05) is 106 Å². The third kappa shape index (κ3) is 33.3. The Morgan fingerprint density at radius 1 is 0.714 bits per heavy atom. The van der Waals surface area contributed by atoms with Gasteiger partial charge in [-0.05, 0) is 19.9 Å². The molecule has 0 bridgehead atoms. The zero-order valence-corrected chi connectivity index (χ0v) is 16.2. The second-order valence-electron chi connectivity index (χ2n) is 5.96. The molecule has 0 amide bonds. The Morgan fingerprint density at radius 3 is 1.19 bits per heavy atom. The topological polar surface area (TPSA) is 46.2 Å². The third-order valence-electron chi connectivity index (χ3n) is 3.56. The molecule has 0 fully saturated rings. The fourth-order valence-electron chi connectivity index (χ4n) is 2.34. The molecular formula is C18H40BrNO. The highest BCUT2D eigenvalue weighted by Crippen LogP contribution is 2.12. The van der Waals surface area contributed by atoms with Crippen molar-refractivity contribution in [1.82, 2.24) is 0 Å². The van der Waals surface area contributed by atoms with E-state index in [1.165, 1.54) is 89.9 Å². The molecule has 0 aliphatic rings. The van der Waals surface area contributed by atoms with Crippen LogP contribution in [0, 0.1) is 0 Å². The normalized spacial score (nSPS) is 11.9. The zero-order chi connectivity index (χ0) is 16.2. The molecule has 2 nitrogen and oxygen atoms in total. The number of halogens is 1. The summed E-state index contributed by atoms with van der Waals surface area (Å²) in [6, 6.07) is 0. The third-order valence-corrected chi connectivity index (χ3v) is 3.56. The molecule has 0 rings (SSSR count). The lowest BCUT2D eigenvalue weighted by molar-refractivity contribution is 0.290. The van der Waals surface area contributed by atoms with E-state index in [0.29, 0.717) is 0 Å². The minimum absolute atomic E-state index is 0.354. The molecule has 21 heavy (non-hydrogen) atoms. The SMILES string of the molecule is CC(O)Br.CCCCCCCCCCCCCCCCN. The molecule has 3 N–H and O–H groups in total. The maximum Gasteiger partial charge on any atom is 0.106 e. The van der Waals surface area contributed by atoms with Crippen LogP contribution >= 0.6 is 15.9 Å². The Bertz CT molecular complexity index is 149. The molecule has 1 unspecified atom stereocenters. The molecule has 130 valence electrons. The van der Waals surface area contributed by atoms with E-state index in [0.717, 1.165) is 6.54 Å². The summed E-state index contributed by atoms with van der Waals surface area (Å²) in [4.78, 5) is 0. The van der Waals surface area contributed by atoms with Gasteiger partial charge < -0.3 is 10.8 Å². The molecule has 0 aromatic heterocycles. The van der Waals surface area contributed by atoms with Crippen LogP contribution in [0.1, 0.15) is 104 Å². The van der Waals surface area contributed by atoms with Crippen LogP contribution < -0.4 is 5.73 Å². The Morgan fingerprint density at radius 2 is 0.952 bits per heavy atom. The summed E-state index contributed by atoms with van der Waals surface area (Å²) in [5.74, 6) is 0. The second kappa shape index (κ2) is 22.7. The molecule has 0 aliphatic heterocycles. The number of aliphatic hydroxyl groups excluding tert-OH is 1. The summed E-state index contributed by atoms with van der Waals surface area (Å²) in [5, 5.41) is 7.62. The van der Waals surface area contributed by atoms with Crippen molar-refractivity contribution in [3.8, 4) is 0 Å². The van der Waals surface area contributed by atoms with Crippen molar-refractivity contribution in [2.45, 2.75) is 109 Å². The fourth-order valence-corrected chi connectivity index (χ4v) is 2.34. The van der Waals surface area contributed by atoms with Gasteiger partial charge in [-0.2, -0.15) is 0 Å². The van der Waals surface area contributed by atoms with Crippen LogP contribution in [0.25, 0.3) is 0 Å². The fraction of sp³-hybridized carbons (Fsp3) is 1.00. The summed E-state index contributed by atoms with van der Waals surface area (Å²) < 4.78 is 0. The van der Waals surface area contributed by atoms with Crippen LogP contribution in [0.5, 0.6) is 0 Å². The lowest BCUT2D eigenvalue weighted by atomic mass is 10.0. The molecule has 0 heterocycles. The highest BCUT2D eigenvalue weighted by atomic mass is 79.9. The van der Waals surface area contributed by atoms with Crippen molar-refractivity contribution in [2.24, 2.45) is 5.73 Å². The first-order valence-corrected chi connectivity index (χ1v) is 10.1. The van der Waals surface area contributed by atoms with E-state index in [2.05, 4.69) is 22.9 Å². The number of rotatable bonds is 14. The highest BCUT2D eigenvalue weighted by molar-refractivity contribution is 9.09. The van der Waals surface area contributed by atoms with Gasteiger partial charge in [0.25, 0.3) is 0 Å². The van der Waals surface area contributed by atoms with E-state index >= 15 is 0 Å². The van der Waals surface area contributed by atoms with E-state index in [9.17, 15) is 0 Å². The van der Waals surface area contributed by atoms with E-state index < -0.39 is 0 Å². The number of hydrogen-bond donors (Lipinski definition) is 2. The van der Waals surface area contributed by atoms with Crippen LogP contribution in [0.2, 0.25) is 0 Å². The molecule has 0 radical (unpaired) electrons. The molecule has 0 saturated heterocycles. The predicted molar refractivity (Wildman–Crippen MR) is 100.0 cm³/mol. The maximum atomic E-state index is 7.97. The van der Waals surface area contributed by atoms with Gasteiger partial charge in [0.2, 0.25) is 0 Å². The van der Waals surface area contributed by atoms with Gasteiger partial charge >= 0.3 is 0 Å². The molecule has 0 aromatic rings. The largest absolute Gasteiger partial charge is 0.382 e. The van der Waals surface area contributed by atoms with Gasteiger partial charge in [-0.3, -0.25) is 0 Å². The second-order valence-corrected chi connectivity index (χ2v) is 7.28. The van der Waals surface area contributed by atoms with Gasteiger partial charge in [0.05, 0.1) is 0 Å². The first kappa shape index (κ1) is 23.7. The lowest BCUT2D eigenvalue weighted by Gasteiger charge is -2.02. The average molecular weight is 366 g/mol. The highest BCUT2D eigenvalue weighted by Gasteiger charge is 1.93. The summed E-state index contributed by atoms with van der Waals surface area (Å²) >= 11 is 2.83. The lowest BCUT2D eigenvalue weighted by Crippen LogP contribution is -1.97. The molecule has 0 saturated carbocycles. The van der Waals surface area contributed by atoms with Crippen LogP contribution in [-0.4, -0.2) is 16.7 Å². The van der Waals surface area contributed by atoms with Crippen molar-refractivity contribution in [2.75, 3.05) is 6.54 Å². The minimum atomic E-state index is -0.354. The number of nitrogens with two attached hydrogens (primary N) is 1. The standard InChI is InChI=1S/C16H35N.C2H5BrO/c1-2-3-4-5-6-7-8-9-10-11-12-13-14-15-16-17;1-2(3)4/h2-17H2,1H3;2,4H,1H3. The summed E-state index contributed by atoms with van der Waals surface area (Å²) in [6.07, 6.45) is 19.9. The van der Waals surface area contributed by atoms with E-state index in [1.807, 2.05) is 0 Å². The monoisotopic (exact) mass is 365 g/mol. The van der Waals surface area contributed by atoms with Crippen LogP contribution in [-0.2, 0) is 0 Å². The van der Waals surface area contributed by atoms with Gasteiger partial charge in [0.1, 0.15) is 5.01 Å². The molecular weight excluding hydrogens is 326 g/mol. The van der Waals surface area contributed by atoms with E-state index in [4.69, 9.17) is 10.8 Å². The minimum Gasteiger partial charge on any atom is -0.382 e. The smallest absolute Gasteiger partial charge is 0.106 e. The van der Waals surface area contributed by atoms with Gasteiger partial charge in [0.15, 0.2) is 0 Å². The number of alkyl halides is 1. The van der Waals surface area contributed by atoms with E-state index in [-0.39, 0.29) is 5.01 Å². The Labute approximate surface area is 142 Å². The molecule has 0 aromatic carbocycles. The van der Waals surface area contributed by atoms with Crippen molar-refractivity contribution >= 4 is 15.9 Å². The van der Waals surface area contributed by atoms with Crippen molar-refractivity contribution in [3.05, 3.63) is 0 Å². The predicted octanol–water partition coefficient (Wildman–Crippen LogP) is 6.15. The first-order valence-electron chi connectivity index (χ1n) is 9.17. The van der Waals surface area contributed by atoms with Crippen LogP contribution in [0.3, 0.4) is 0 Å². The van der Waals surface area contributed by atoms with Crippen LogP contribution in [0.15, 0.2) is 0 Å². The molecule has 0 spiro atoms. The van der Waals surface area contributed by atoms with Gasteiger partial charge in [-0.25, -0.2) is 0 Å². The molecule has 1 atom stereocenters. The van der Waals surface area contributed by atoms with Crippen molar-refractivity contribution in [3.63, 3.8) is 0 Å². The Hall–Kier alpha value is 0.400. The number of aliphatic hydroxyl groups is 1. The Balaban J connectivity index is 0. The molecule has 0 aliphatic carbocycles. The van der Waals surface area contributed by atoms with Gasteiger partial charge in [0, 0.05) is 0 Å². The van der Waals surface area contributed by atoms with E-state index in [1.54, 1.807) is 6.92 Å². The quantitative estimate of drug-likeness (QED) is 0.286.